The highest BCUT2D eigenvalue weighted by Crippen LogP contribution is 2.33. The predicted molar refractivity (Wildman–Crippen MR) is 134 cm³/mol. The number of aromatic nitrogens is 1. The van der Waals surface area contributed by atoms with E-state index >= 15 is 0 Å². The first-order chi connectivity index (χ1) is 16.4. The van der Waals surface area contributed by atoms with E-state index < -0.39 is 18.2 Å². The van der Waals surface area contributed by atoms with Gasteiger partial charge in [-0.25, -0.2) is 4.79 Å². The van der Waals surface area contributed by atoms with Gasteiger partial charge in [-0.05, 0) is 46.8 Å². The minimum atomic E-state index is -0.854. The molecule has 1 unspecified atom stereocenters. The quantitative estimate of drug-likeness (QED) is 0.288. The fourth-order valence-corrected chi connectivity index (χ4v) is 4.47. The van der Waals surface area contributed by atoms with Crippen molar-refractivity contribution in [1.29, 1.82) is 0 Å². The van der Waals surface area contributed by atoms with Crippen LogP contribution in [0.2, 0.25) is 5.02 Å². The molecule has 1 heterocycles. The summed E-state index contributed by atoms with van der Waals surface area (Å²) >= 11 is 7.36. The van der Waals surface area contributed by atoms with Crippen molar-refractivity contribution >= 4 is 40.2 Å². The Hall–Kier alpha value is -3.68. The van der Waals surface area contributed by atoms with Crippen LogP contribution in [0.15, 0.2) is 79.0 Å². The predicted octanol–water partition coefficient (Wildman–Crippen LogP) is 7.07. The van der Waals surface area contributed by atoms with Crippen LogP contribution in [0, 0.1) is 0 Å². The largest absolute Gasteiger partial charge is 0.481 e. The third-order valence-corrected chi connectivity index (χ3v) is 6.31. The van der Waals surface area contributed by atoms with Crippen molar-refractivity contribution in [2.45, 2.75) is 19.4 Å². The maximum Gasteiger partial charge on any atom is 0.412 e. The summed E-state index contributed by atoms with van der Waals surface area (Å²) < 4.78 is 9.72. The zero-order chi connectivity index (χ0) is 24.1. The van der Waals surface area contributed by atoms with Crippen LogP contribution in [-0.4, -0.2) is 21.5 Å². The van der Waals surface area contributed by atoms with Crippen LogP contribution in [0.1, 0.15) is 24.2 Å². The first-order valence-corrected chi connectivity index (χ1v) is 11.6. The summed E-state index contributed by atoms with van der Waals surface area (Å²) in [5, 5.41) is 12.8. The molecule has 2 N–H and O–H groups in total. The van der Waals surface area contributed by atoms with Crippen molar-refractivity contribution in [3.63, 3.8) is 0 Å². The molecule has 6 nitrogen and oxygen atoms in total. The number of hydrogen-bond acceptors (Lipinski definition) is 5. The van der Waals surface area contributed by atoms with Crippen LogP contribution >= 0.6 is 23.1 Å². The van der Waals surface area contributed by atoms with E-state index in [1.807, 2.05) is 66.7 Å². The average Bonchev–Trinajstić information content (AvgIpc) is 3.27. The molecule has 172 valence electrons. The van der Waals surface area contributed by atoms with E-state index in [0.717, 1.165) is 33.4 Å². The van der Waals surface area contributed by atoms with Crippen LogP contribution in [0.25, 0.3) is 22.3 Å². The summed E-state index contributed by atoms with van der Waals surface area (Å²) in [6.07, 6.45) is 0.606. The number of amides is 1. The third-order valence-electron chi connectivity index (χ3n) is 5.25. The van der Waals surface area contributed by atoms with Gasteiger partial charge in [0.25, 0.3) is 0 Å². The molecule has 0 radical (unpaired) electrons. The zero-order valence-electron chi connectivity index (χ0n) is 18.2. The molecule has 8 heteroatoms. The highest BCUT2D eigenvalue weighted by Gasteiger charge is 2.17. The Kier molecular flexibility index (Phi) is 7.25. The highest BCUT2D eigenvalue weighted by atomic mass is 35.5. The van der Waals surface area contributed by atoms with Crippen molar-refractivity contribution < 1.29 is 19.4 Å². The summed E-state index contributed by atoms with van der Waals surface area (Å²) in [5.41, 5.74) is 5.15. The van der Waals surface area contributed by atoms with Crippen LogP contribution in [0.5, 0.6) is 0 Å². The highest BCUT2D eigenvalue weighted by molar-refractivity contribution is 7.11. The van der Waals surface area contributed by atoms with Gasteiger partial charge in [0.2, 0.25) is 0 Å². The summed E-state index contributed by atoms with van der Waals surface area (Å²) in [6.45, 7) is 1.77. The van der Waals surface area contributed by atoms with Crippen LogP contribution in [0.3, 0.4) is 0 Å². The van der Waals surface area contributed by atoms with Gasteiger partial charge in [0.05, 0.1) is 12.6 Å². The number of benzene rings is 3. The van der Waals surface area contributed by atoms with E-state index in [1.54, 1.807) is 19.2 Å². The van der Waals surface area contributed by atoms with Crippen molar-refractivity contribution in [2.75, 3.05) is 5.32 Å². The number of carbonyl (C=O) groups is 2. The molecule has 0 spiro atoms. The number of hydrogen-bond donors (Lipinski definition) is 2. The lowest BCUT2D eigenvalue weighted by Gasteiger charge is -2.15. The minimum Gasteiger partial charge on any atom is -0.481 e. The Morgan fingerprint density at radius 3 is 2.26 bits per heavy atom. The summed E-state index contributed by atoms with van der Waals surface area (Å²) in [6, 6.07) is 22.5. The lowest BCUT2D eigenvalue weighted by Crippen LogP contribution is -2.16. The zero-order valence-corrected chi connectivity index (χ0v) is 19.8. The van der Waals surface area contributed by atoms with Gasteiger partial charge in [-0.1, -0.05) is 78.3 Å². The van der Waals surface area contributed by atoms with E-state index in [1.165, 1.54) is 11.5 Å². The number of carboxylic acids is 1. The summed E-state index contributed by atoms with van der Waals surface area (Å²) in [4.78, 5) is 23.3. The van der Waals surface area contributed by atoms with Crippen molar-refractivity contribution in [2.24, 2.45) is 0 Å². The molecule has 0 aliphatic carbocycles. The second-order valence-corrected chi connectivity index (χ2v) is 8.82. The molecule has 1 aromatic heterocycles. The standard InChI is InChI=1S/C26H21ClN2O4S/c1-16(21-4-2-3-5-23(21)27)33-26(32)29-25-22(15-28-34-25)20-12-10-19(11-13-20)18-8-6-17(7-9-18)14-24(30)31/h2-13,15-16H,14H2,1H3,(H,29,32)(H,30,31). The van der Waals surface area contributed by atoms with Gasteiger partial charge in [0, 0.05) is 16.1 Å². The number of carbonyl (C=O) groups excluding carboxylic acids is 1. The molecule has 3 aromatic carbocycles. The Balaban J connectivity index is 1.44. The lowest BCUT2D eigenvalue weighted by atomic mass is 10.00. The third kappa shape index (κ3) is 5.62. The van der Waals surface area contributed by atoms with Crippen molar-refractivity contribution in [3.05, 3.63) is 95.1 Å². The van der Waals surface area contributed by atoms with E-state index in [9.17, 15) is 9.59 Å². The van der Waals surface area contributed by atoms with Gasteiger partial charge in [-0.15, -0.1) is 0 Å². The van der Waals surface area contributed by atoms with E-state index in [2.05, 4.69) is 9.69 Å². The second kappa shape index (κ2) is 10.5. The average molecular weight is 493 g/mol. The molecule has 0 aliphatic rings. The van der Waals surface area contributed by atoms with Gasteiger partial charge >= 0.3 is 12.1 Å². The van der Waals surface area contributed by atoms with Crippen molar-refractivity contribution in [1.82, 2.24) is 4.37 Å². The van der Waals surface area contributed by atoms with Crippen LogP contribution in [-0.2, 0) is 16.0 Å². The molecular formula is C26H21ClN2O4S. The number of halogens is 1. The molecule has 0 fully saturated rings. The second-order valence-electron chi connectivity index (χ2n) is 7.61. The number of nitrogens with zero attached hydrogens (tertiary/aromatic N) is 1. The fourth-order valence-electron chi connectivity index (χ4n) is 3.52. The normalized spacial score (nSPS) is 11.6. The number of nitrogens with one attached hydrogen (secondary N) is 1. The number of ether oxygens (including phenoxy) is 1. The van der Waals surface area contributed by atoms with Gasteiger partial charge < -0.3 is 9.84 Å². The maximum absolute atomic E-state index is 12.5. The smallest absolute Gasteiger partial charge is 0.412 e. The van der Waals surface area contributed by atoms with Crippen LogP contribution < -0.4 is 5.32 Å². The molecule has 4 aromatic rings. The Bertz CT molecular complexity index is 1300. The van der Waals surface area contributed by atoms with E-state index in [0.29, 0.717) is 10.0 Å². The Morgan fingerprint density at radius 2 is 1.62 bits per heavy atom. The van der Waals surface area contributed by atoms with E-state index in [-0.39, 0.29) is 6.42 Å². The Labute approximate surface area is 206 Å². The molecule has 4 rings (SSSR count). The fraction of sp³-hybridized carbons (Fsp3) is 0.115. The lowest BCUT2D eigenvalue weighted by molar-refractivity contribution is -0.136. The molecule has 0 saturated heterocycles. The summed E-state index contributed by atoms with van der Waals surface area (Å²) in [7, 11) is 0. The van der Waals surface area contributed by atoms with Crippen LogP contribution in [0.4, 0.5) is 9.80 Å². The number of aliphatic carboxylic acids is 1. The first kappa shape index (κ1) is 23.5. The van der Waals surface area contributed by atoms with Gasteiger partial charge in [0.1, 0.15) is 11.1 Å². The monoisotopic (exact) mass is 492 g/mol. The molecule has 0 saturated carbocycles. The van der Waals surface area contributed by atoms with E-state index in [4.69, 9.17) is 21.4 Å². The van der Waals surface area contributed by atoms with Gasteiger partial charge in [0.15, 0.2) is 0 Å². The molecule has 0 bridgehead atoms. The molecule has 1 atom stereocenters. The van der Waals surface area contributed by atoms with Gasteiger partial charge in [-0.3, -0.25) is 10.1 Å². The Morgan fingerprint density at radius 1 is 1.00 bits per heavy atom. The molecule has 0 aliphatic heterocycles. The molecule has 34 heavy (non-hydrogen) atoms. The number of anilines is 1. The molecular weight excluding hydrogens is 472 g/mol. The maximum atomic E-state index is 12.5. The first-order valence-electron chi connectivity index (χ1n) is 10.5. The topological polar surface area (TPSA) is 88.5 Å². The minimum absolute atomic E-state index is 0.000247. The van der Waals surface area contributed by atoms with Gasteiger partial charge in [-0.2, -0.15) is 4.37 Å². The SMILES string of the molecule is CC(OC(=O)Nc1sncc1-c1ccc(-c2ccc(CC(=O)O)cc2)cc1)c1ccccc1Cl. The molecule has 1 amide bonds. The summed E-state index contributed by atoms with van der Waals surface area (Å²) in [5.74, 6) is -0.854. The van der Waals surface area contributed by atoms with Crippen molar-refractivity contribution in [3.8, 4) is 22.3 Å². The number of carboxylic acid groups (broad SMARTS) is 1. The number of rotatable bonds is 7.